The molecule has 1 fully saturated rings. The number of hydrogen-bond acceptors (Lipinski definition) is 5. The molecule has 1 saturated heterocycles. The van der Waals surface area contributed by atoms with E-state index in [1.54, 1.807) is 55.1 Å². The summed E-state index contributed by atoms with van der Waals surface area (Å²) in [6, 6.07) is 10.7. The highest BCUT2D eigenvalue weighted by Gasteiger charge is 2.42. The zero-order valence-electron chi connectivity index (χ0n) is 16.5. The highest BCUT2D eigenvalue weighted by molar-refractivity contribution is 5.94. The summed E-state index contributed by atoms with van der Waals surface area (Å²) in [5.41, 5.74) is 6.33. The van der Waals surface area contributed by atoms with Crippen molar-refractivity contribution in [3.05, 3.63) is 54.0 Å². The fraction of sp³-hybridized carbons (Fsp3) is 0.227. The maximum atomic E-state index is 12.1. The molecule has 1 aliphatic rings. The number of hydrogen-bond donors (Lipinski definition) is 2. The molecule has 2 aromatic heterocycles. The third-order valence-corrected chi connectivity index (χ3v) is 5.13. The third-order valence-electron chi connectivity index (χ3n) is 5.13. The first-order valence-corrected chi connectivity index (χ1v) is 9.30. The van der Waals surface area contributed by atoms with Crippen molar-refractivity contribution in [1.82, 2.24) is 14.3 Å². The van der Waals surface area contributed by atoms with E-state index in [0.717, 1.165) is 0 Å². The van der Waals surface area contributed by atoms with E-state index in [1.165, 1.54) is 4.90 Å². The Morgan fingerprint density at radius 3 is 2.80 bits per heavy atom. The van der Waals surface area contributed by atoms with Gasteiger partial charge in [0.25, 0.3) is 11.8 Å². The van der Waals surface area contributed by atoms with Gasteiger partial charge in [-0.2, -0.15) is 0 Å². The number of likely N-dealkylation sites (tertiary alicyclic amines) is 1. The SMILES string of the molecule is COc1ccn2c(C(N)=O)nc(-c3cccc(C#CC4(O)CCN(C)C4=O)c3)c2c1. The lowest BCUT2D eigenvalue weighted by Gasteiger charge is -2.13. The Hall–Kier alpha value is -3.83. The van der Waals surface area contributed by atoms with Crippen molar-refractivity contribution in [3.63, 3.8) is 0 Å². The van der Waals surface area contributed by atoms with Gasteiger partial charge in [0.15, 0.2) is 0 Å². The Labute approximate surface area is 172 Å². The van der Waals surface area contributed by atoms with E-state index in [0.29, 0.717) is 34.6 Å². The molecule has 0 saturated carbocycles. The monoisotopic (exact) mass is 404 g/mol. The predicted octanol–water partition coefficient (Wildman–Crippen LogP) is 1.05. The van der Waals surface area contributed by atoms with E-state index in [-0.39, 0.29) is 12.2 Å². The van der Waals surface area contributed by atoms with Crippen LogP contribution in [0.3, 0.4) is 0 Å². The molecule has 30 heavy (non-hydrogen) atoms. The van der Waals surface area contributed by atoms with Crippen LogP contribution in [0.2, 0.25) is 0 Å². The lowest BCUT2D eigenvalue weighted by atomic mass is 10.0. The average molecular weight is 404 g/mol. The van der Waals surface area contributed by atoms with Gasteiger partial charge in [-0.15, -0.1) is 0 Å². The van der Waals surface area contributed by atoms with Crippen LogP contribution in [-0.2, 0) is 4.79 Å². The van der Waals surface area contributed by atoms with Gasteiger partial charge in [0.2, 0.25) is 11.4 Å². The molecule has 0 radical (unpaired) electrons. The van der Waals surface area contributed by atoms with Gasteiger partial charge in [-0.3, -0.25) is 14.0 Å². The Bertz CT molecular complexity index is 1240. The predicted molar refractivity (Wildman–Crippen MR) is 110 cm³/mol. The molecule has 3 aromatic rings. The minimum Gasteiger partial charge on any atom is -0.497 e. The van der Waals surface area contributed by atoms with E-state index < -0.39 is 17.4 Å². The van der Waals surface area contributed by atoms with Crippen molar-refractivity contribution in [1.29, 1.82) is 0 Å². The first kappa shape index (κ1) is 19.5. The van der Waals surface area contributed by atoms with E-state index >= 15 is 0 Å². The summed E-state index contributed by atoms with van der Waals surface area (Å²) >= 11 is 0. The first-order chi connectivity index (χ1) is 14.3. The second kappa shape index (κ2) is 7.21. The lowest BCUT2D eigenvalue weighted by Crippen LogP contribution is -2.37. The van der Waals surface area contributed by atoms with Crippen LogP contribution in [0, 0.1) is 11.8 Å². The number of benzene rings is 1. The number of nitrogens with two attached hydrogens (primary N) is 1. The maximum Gasteiger partial charge on any atom is 0.285 e. The number of carbonyl (C=O) groups is 2. The smallest absolute Gasteiger partial charge is 0.285 e. The molecule has 8 heteroatoms. The van der Waals surface area contributed by atoms with Crippen molar-refractivity contribution in [2.45, 2.75) is 12.0 Å². The summed E-state index contributed by atoms with van der Waals surface area (Å²) < 4.78 is 6.89. The van der Waals surface area contributed by atoms with Gasteiger partial charge in [0.05, 0.1) is 18.3 Å². The molecule has 1 aromatic carbocycles. The van der Waals surface area contributed by atoms with Gasteiger partial charge in [-0.05, 0) is 18.2 Å². The normalized spacial score (nSPS) is 18.4. The van der Waals surface area contributed by atoms with Gasteiger partial charge < -0.3 is 20.5 Å². The molecule has 0 bridgehead atoms. The molecule has 1 unspecified atom stereocenters. The molecule has 152 valence electrons. The van der Waals surface area contributed by atoms with Crippen LogP contribution in [0.15, 0.2) is 42.6 Å². The number of aliphatic hydroxyl groups is 1. The molecule has 1 atom stereocenters. The molecule has 4 rings (SSSR count). The third kappa shape index (κ3) is 3.25. The fourth-order valence-corrected chi connectivity index (χ4v) is 3.47. The van der Waals surface area contributed by atoms with Crippen molar-refractivity contribution in [2.75, 3.05) is 20.7 Å². The van der Waals surface area contributed by atoms with Crippen LogP contribution in [0.1, 0.15) is 22.6 Å². The molecule has 3 heterocycles. The summed E-state index contributed by atoms with van der Waals surface area (Å²) in [7, 11) is 3.19. The number of imidazole rings is 1. The Morgan fingerprint density at radius 1 is 1.33 bits per heavy atom. The standard InChI is InChI=1S/C22H20N4O4/c1-25-11-9-22(29,21(25)28)8-6-14-4-3-5-15(12-14)18-17-13-16(30-2)7-10-26(17)20(24-18)19(23)27/h3-5,7,10,12-13,29H,9,11H2,1-2H3,(H2,23,27). The Kier molecular flexibility index (Phi) is 4.68. The summed E-state index contributed by atoms with van der Waals surface area (Å²) in [6.45, 7) is 0.461. The highest BCUT2D eigenvalue weighted by Crippen LogP contribution is 2.28. The van der Waals surface area contributed by atoms with E-state index in [9.17, 15) is 14.7 Å². The van der Waals surface area contributed by atoms with Crippen LogP contribution in [-0.4, -0.2) is 57.5 Å². The van der Waals surface area contributed by atoms with Crippen molar-refractivity contribution < 1.29 is 19.4 Å². The maximum absolute atomic E-state index is 12.1. The van der Waals surface area contributed by atoms with Crippen LogP contribution >= 0.6 is 0 Å². The number of fused-ring (bicyclic) bond motifs is 1. The molecule has 2 amide bonds. The largest absolute Gasteiger partial charge is 0.497 e. The average Bonchev–Trinajstić information content (AvgIpc) is 3.26. The number of likely N-dealkylation sites (N-methyl/N-ethyl adjacent to an activating group) is 1. The quantitative estimate of drug-likeness (QED) is 0.634. The fourth-order valence-electron chi connectivity index (χ4n) is 3.47. The minimum atomic E-state index is -1.67. The minimum absolute atomic E-state index is 0.105. The van der Waals surface area contributed by atoms with E-state index in [4.69, 9.17) is 10.5 Å². The van der Waals surface area contributed by atoms with E-state index in [2.05, 4.69) is 16.8 Å². The zero-order chi connectivity index (χ0) is 21.5. The molecule has 3 N–H and O–H groups in total. The molecule has 0 aliphatic carbocycles. The number of ether oxygens (including phenoxy) is 1. The topological polar surface area (TPSA) is 110 Å². The van der Waals surface area contributed by atoms with Gasteiger partial charge in [0, 0.05) is 43.4 Å². The number of rotatable bonds is 3. The van der Waals surface area contributed by atoms with Crippen molar-refractivity contribution in [3.8, 4) is 28.8 Å². The van der Waals surface area contributed by atoms with Crippen LogP contribution in [0.4, 0.5) is 0 Å². The number of methoxy groups -OCH3 is 1. The van der Waals surface area contributed by atoms with Gasteiger partial charge >= 0.3 is 0 Å². The molecule has 0 spiro atoms. The van der Waals surface area contributed by atoms with Gasteiger partial charge in [-0.1, -0.05) is 24.0 Å². The number of pyridine rings is 1. The molecular weight excluding hydrogens is 384 g/mol. The second-order valence-electron chi connectivity index (χ2n) is 7.14. The van der Waals surface area contributed by atoms with Crippen molar-refractivity contribution >= 4 is 17.3 Å². The molecule has 8 nitrogen and oxygen atoms in total. The number of amides is 2. The Balaban J connectivity index is 1.78. The summed E-state index contributed by atoms with van der Waals surface area (Å²) in [5.74, 6) is 5.27. The second-order valence-corrected chi connectivity index (χ2v) is 7.14. The lowest BCUT2D eigenvalue weighted by molar-refractivity contribution is -0.137. The number of primary amides is 1. The number of nitrogens with zero attached hydrogens (tertiary/aromatic N) is 3. The number of aromatic nitrogens is 2. The van der Waals surface area contributed by atoms with Crippen LogP contribution in [0.5, 0.6) is 5.75 Å². The summed E-state index contributed by atoms with van der Waals surface area (Å²) in [5, 5.41) is 10.5. The summed E-state index contributed by atoms with van der Waals surface area (Å²) in [6.07, 6.45) is 1.94. The van der Waals surface area contributed by atoms with Crippen LogP contribution in [0.25, 0.3) is 16.8 Å². The molecule has 1 aliphatic heterocycles. The van der Waals surface area contributed by atoms with E-state index in [1.807, 2.05) is 6.07 Å². The zero-order valence-corrected chi connectivity index (χ0v) is 16.5. The Morgan fingerprint density at radius 2 is 2.13 bits per heavy atom. The van der Waals surface area contributed by atoms with Crippen LogP contribution < -0.4 is 10.5 Å². The molecular formula is C22H20N4O4. The highest BCUT2D eigenvalue weighted by atomic mass is 16.5. The van der Waals surface area contributed by atoms with Crippen molar-refractivity contribution in [2.24, 2.45) is 5.73 Å². The van der Waals surface area contributed by atoms with Gasteiger partial charge in [-0.25, -0.2) is 4.98 Å². The van der Waals surface area contributed by atoms with Gasteiger partial charge in [0.1, 0.15) is 5.75 Å². The summed E-state index contributed by atoms with van der Waals surface area (Å²) in [4.78, 5) is 29.8. The number of carbonyl (C=O) groups excluding carboxylic acids is 2. The first-order valence-electron chi connectivity index (χ1n) is 9.30.